The minimum Gasteiger partial charge on any atom is -0.303 e. The molecule has 0 N–H and O–H groups in total. The maximum absolute atomic E-state index is 13.0. The third-order valence-corrected chi connectivity index (χ3v) is 3.75. The maximum Gasteiger partial charge on any atom is 0.250 e. The van der Waals surface area contributed by atoms with Crippen LogP contribution in [-0.4, -0.2) is 30.5 Å². The summed E-state index contributed by atoms with van der Waals surface area (Å²) >= 11 is 6.13. The van der Waals surface area contributed by atoms with E-state index in [1.54, 1.807) is 0 Å². The molecular formula is C16H24ClF2N. The molecule has 0 radical (unpaired) electrons. The van der Waals surface area contributed by atoms with E-state index in [2.05, 4.69) is 24.7 Å². The molecule has 1 nitrogen and oxygen atoms in total. The zero-order valence-corrected chi connectivity index (χ0v) is 13.1. The van der Waals surface area contributed by atoms with Crippen LogP contribution in [0.5, 0.6) is 0 Å². The minimum atomic E-state index is -2.46. The lowest BCUT2D eigenvalue weighted by Crippen LogP contribution is -2.39. The highest BCUT2D eigenvalue weighted by Crippen LogP contribution is 2.28. The lowest BCUT2D eigenvalue weighted by Gasteiger charge is -2.31. The summed E-state index contributed by atoms with van der Waals surface area (Å²) in [6, 6.07) is 0. The summed E-state index contributed by atoms with van der Waals surface area (Å²) in [6.45, 7) is 5.86. The Morgan fingerprint density at radius 2 is 1.85 bits per heavy atom. The lowest BCUT2D eigenvalue weighted by molar-refractivity contribution is -0.0547. The molecule has 0 aromatic carbocycles. The van der Waals surface area contributed by atoms with Crippen LogP contribution in [0.4, 0.5) is 8.78 Å². The summed E-state index contributed by atoms with van der Waals surface area (Å²) in [7, 11) is 0. The van der Waals surface area contributed by atoms with Crippen LogP contribution in [0.15, 0.2) is 22.8 Å². The maximum atomic E-state index is 13.0. The molecule has 0 aliphatic carbocycles. The van der Waals surface area contributed by atoms with Gasteiger partial charge in [-0.3, -0.25) is 0 Å². The molecule has 1 aliphatic heterocycles. The predicted octanol–water partition coefficient (Wildman–Crippen LogP) is 4.84. The first-order valence-corrected chi connectivity index (χ1v) is 7.27. The Labute approximate surface area is 126 Å². The van der Waals surface area contributed by atoms with Crippen molar-refractivity contribution in [3.63, 3.8) is 0 Å². The molecule has 4 heteroatoms. The fraction of sp³-hybridized carbons (Fsp3) is 0.625. The zero-order chi connectivity index (χ0) is 15.6. The third kappa shape index (κ3) is 7.67. The van der Waals surface area contributed by atoms with Gasteiger partial charge in [0.2, 0.25) is 0 Å². The van der Waals surface area contributed by atoms with Gasteiger partial charge in [0.1, 0.15) is 0 Å². The number of piperidine rings is 1. The lowest BCUT2D eigenvalue weighted by atomic mass is 10.1. The van der Waals surface area contributed by atoms with Crippen LogP contribution < -0.4 is 0 Å². The van der Waals surface area contributed by atoms with E-state index in [-0.39, 0.29) is 12.8 Å². The van der Waals surface area contributed by atoms with Gasteiger partial charge in [0, 0.05) is 37.5 Å². The molecule has 0 unspecified atom stereocenters. The average molecular weight is 304 g/mol. The second-order valence-corrected chi connectivity index (χ2v) is 5.29. The molecule has 114 valence electrons. The van der Waals surface area contributed by atoms with Crippen LogP contribution in [0.25, 0.3) is 0 Å². The van der Waals surface area contributed by atoms with Crippen molar-refractivity contribution in [1.29, 1.82) is 0 Å². The first-order valence-electron chi connectivity index (χ1n) is 6.90. The number of hydrogen-bond donors (Lipinski definition) is 0. The number of alkyl halides is 2. The number of rotatable bonds is 5. The minimum absolute atomic E-state index is 0.0147. The standard InChI is InChI=1S/C14H22ClF2N.C2H2/c1-3-4-5-13(15)12(2)6-9-18-10-7-14(16,17)8-11-18;1-2/h4-5H,3,6-11H2,1-2H3;1-2H/b5-4-,13-12-;. The van der Waals surface area contributed by atoms with Crippen molar-refractivity contribution >= 4 is 11.6 Å². The second kappa shape index (κ2) is 9.96. The normalized spacial score (nSPS) is 20.1. The molecular weight excluding hydrogens is 280 g/mol. The molecule has 1 aliphatic rings. The molecule has 0 aromatic rings. The van der Waals surface area contributed by atoms with E-state index in [0.29, 0.717) is 13.1 Å². The number of hydrogen-bond acceptors (Lipinski definition) is 1. The van der Waals surface area contributed by atoms with E-state index < -0.39 is 5.92 Å². The highest BCUT2D eigenvalue weighted by Gasteiger charge is 2.33. The molecule has 0 atom stereocenters. The summed E-state index contributed by atoms with van der Waals surface area (Å²) in [5.41, 5.74) is 1.12. The van der Waals surface area contributed by atoms with Crippen LogP contribution in [0, 0.1) is 12.8 Å². The summed E-state index contributed by atoms with van der Waals surface area (Å²) in [6.07, 6.45) is 13.7. The summed E-state index contributed by atoms with van der Waals surface area (Å²) in [5, 5.41) is 0.777. The van der Waals surface area contributed by atoms with Crippen LogP contribution >= 0.6 is 11.6 Å². The first kappa shape index (κ1) is 19.1. The van der Waals surface area contributed by atoms with Gasteiger partial charge < -0.3 is 4.90 Å². The molecule has 0 bridgehead atoms. The van der Waals surface area contributed by atoms with E-state index in [1.165, 1.54) is 0 Å². The van der Waals surface area contributed by atoms with Crippen molar-refractivity contribution < 1.29 is 8.78 Å². The second-order valence-electron chi connectivity index (χ2n) is 4.89. The molecule has 20 heavy (non-hydrogen) atoms. The topological polar surface area (TPSA) is 3.24 Å². The first-order chi connectivity index (χ1) is 9.44. The Bertz CT molecular complexity index is 349. The Morgan fingerprint density at radius 3 is 2.35 bits per heavy atom. The van der Waals surface area contributed by atoms with Gasteiger partial charge in [-0.15, -0.1) is 12.8 Å². The van der Waals surface area contributed by atoms with Gasteiger partial charge in [0.25, 0.3) is 5.92 Å². The Kier molecular flexibility index (Phi) is 9.54. The van der Waals surface area contributed by atoms with Crippen LogP contribution in [0.2, 0.25) is 0 Å². The Hall–Kier alpha value is -0.850. The predicted molar refractivity (Wildman–Crippen MR) is 83.1 cm³/mol. The van der Waals surface area contributed by atoms with Gasteiger partial charge in [0.05, 0.1) is 0 Å². The molecule has 0 amide bonds. The van der Waals surface area contributed by atoms with Crippen LogP contribution in [-0.2, 0) is 0 Å². The zero-order valence-electron chi connectivity index (χ0n) is 12.3. The molecule has 0 aromatic heterocycles. The van der Waals surface area contributed by atoms with E-state index >= 15 is 0 Å². The number of nitrogens with zero attached hydrogens (tertiary/aromatic N) is 1. The van der Waals surface area contributed by atoms with Crippen LogP contribution in [0.1, 0.15) is 39.5 Å². The molecule has 1 heterocycles. The van der Waals surface area contributed by atoms with E-state index in [4.69, 9.17) is 11.6 Å². The highest BCUT2D eigenvalue weighted by atomic mass is 35.5. The van der Waals surface area contributed by atoms with Gasteiger partial charge in [-0.05, 0) is 25.8 Å². The quantitative estimate of drug-likeness (QED) is 0.519. The van der Waals surface area contributed by atoms with Crippen molar-refractivity contribution in [2.45, 2.75) is 45.5 Å². The molecule has 0 saturated carbocycles. The fourth-order valence-corrected chi connectivity index (χ4v) is 2.10. The number of allylic oxidation sites excluding steroid dienone is 3. The molecule has 1 fully saturated rings. The van der Waals surface area contributed by atoms with Crippen molar-refractivity contribution in [1.82, 2.24) is 4.90 Å². The monoisotopic (exact) mass is 303 g/mol. The van der Waals surface area contributed by atoms with Crippen molar-refractivity contribution in [3.8, 4) is 12.8 Å². The average Bonchev–Trinajstić information content (AvgIpc) is 2.45. The Morgan fingerprint density at radius 1 is 1.30 bits per heavy atom. The van der Waals surface area contributed by atoms with Crippen molar-refractivity contribution in [2.24, 2.45) is 0 Å². The summed E-state index contributed by atoms with van der Waals surface area (Å²) < 4.78 is 26.0. The summed E-state index contributed by atoms with van der Waals surface area (Å²) in [5.74, 6) is -2.46. The SMILES string of the molecule is C#C.CC/C=C\C(Cl)=C(/C)CCN1CCC(F)(F)CC1. The largest absolute Gasteiger partial charge is 0.303 e. The van der Waals surface area contributed by atoms with Gasteiger partial charge in [0.15, 0.2) is 0 Å². The smallest absolute Gasteiger partial charge is 0.250 e. The summed E-state index contributed by atoms with van der Waals surface area (Å²) in [4.78, 5) is 2.09. The van der Waals surface area contributed by atoms with Crippen molar-refractivity contribution in [3.05, 3.63) is 22.8 Å². The molecule has 1 rings (SSSR count). The molecule has 1 saturated heterocycles. The van der Waals surface area contributed by atoms with Crippen molar-refractivity contribution in [2.75, 3.05) is 19.6 Å². The van der Waals surface area contributed by atoms with E-state index in [9.17, 15) is 8.78 Å². The van der Waals surface area contributed by atoms with Gasteiger partial charge >= 0.3 is 0 Å². The van der Waals surface area contributed by atoms with Gasteiger partial charge in [-0.1, -0.05) is 30.2 Å². The van der Waals surface area contributed by atoms with E-state index in [0.717, 1.165) is 30.0 Å². The highest BCUT2D eigenvalue weighted by molar-refractivity contribution is 6.31. The van der Waals surface area contributed by atoms with Gasteiger partial charge in [-0.2, -0.15) is 0 Å². The van der Waals surface area contributed by atoms with E-state index in [1.807, 2.05) is 19.1 Å². The third-order valence-electron chi connectivity index (χ3n) is 3.30. The molecule has 0 spiro atoms. The number of likely N-dealkylation sites (tertiary alicyclic amines) is 1. The fourth-order valence-electron chi connectivity index (χ4n) is 1.91. The Balaban J connectivity index is 0.00000172. The number of terminal acetylenes is 1. The van der Waals surface area contributed by atoms with Crippen LogP contribution in [0.3, 0.4) is 0 Å². The number of halogens is 3. The van der Waals surface area contributed by atoms with Gasteiger partial charge in [-0.25, -0.2) is 8.78 Å².